The molecule has 0 spiro atoms. The van der Waals surface area contributed by atoms with E-state index in [1.54, 1.807) is 0 Å². The van der Waals surface area contributed by atoms with Gasteiger partial charge in [0.2, 0.25) is 0 Å². The van der Waals surface area contributed by atoms with E-state index in [4.69, 9.17) is 0 Å². The molecule has 0 unspecified atom stereocenters. The first-order valence-corrected chi connectivity index (χ1v) is 7.67. The summed E-state index contributed by atoms with van der Waals surface area (Å²) in [7, 11) is 0. The Hall–Kier alpha value is -1.41. The first kappa shape index (κ1) is 13.6. The molecular weight excluding hydrogens is 246 g/mol. The fourth-order valence-corrected chi connectivity index (χ4v) is 3.56. The Bertz CT molecular complexity index is 592. The molecule has 2 aromatic rings. The number of hydrogen-bond donors (Lipinski definition) is 1. The number of aromatic nitrogens is 1. The van der Waals surface area contributed by atoms with Gasteiger partial charge in [-0.2, -0.15) is 0 Å². The molecule has 1 aliphatic carbocycles. The molecule has 1 heterocycles. The topological polar surface area (TPSA) is 33.1 Å². The monoisotopic (exact) mass is 269 g/mol. The molecule has 1 aromatic carbocycles. The maximum absolute atomic E-state index is 11.1. The third-order valence-corrected chi connectivity index (χ3v) is 4.95. The molecule has 3 rings (SSSR count). The van der Waals surface area contributed by atoms with E-state index in [1.807, 2.05) is 24.4 Å². The molecule has 1 N–H and O–H groups in total. The highest BCUT2D eigenvalue weighted by molar-refractivity contribution is 5.82. The molecule has 0 saturated heterocycles. The van der Waals surface area contributed by atoms with Crippen molar-refractivity contribution in [2.24, 2.45) is 11.8 Å². The van der Waals surface area contributed by atoms with Gasteiger partial charge in [0.15, 0.2) is 0 Å². The Morgan fingerprint density at radius 1 is 1.15 bits per heavy atom. The van der Waals surface area contributed by atoms with Crippen LogP contribution in [0.4, 0.5) is 0 Å². The van der Waals surface area contributed by atoms with E-state index in [0.717, 1.165) is 48.1 Å². The summed E-state index contributed by atoms with van der Waals surface area (Å²) in [5.41, 5.74) is 1.36. The van der Waals surface area contributed by atoms with Gasteiger partial charge in [-0.15, -0.1) is 0 Å². The highest BCUT2D eigenvalue weighted by Crippen LogP contribution is 2.43. The standard InChI is InChI=1S/C18H23NO/c1-13(2)14-8-10-18(20,11-9-14)16-6-3-7-17-15(16)5-4-12-19-17/h3-7,12-14,20H,8-11H2,1-2H3. The van der Waals surface area contributed by atoms with Crippen LogP contribution < -0.4 is 0 Å². The lowest BCUT2D eigenvalue weighted by atomic mass is 9.71. The molecule has 0 atom stereocenters. The van der Waals surface area contributed by atoms with Crippen molar-refractivity contribution in [2.45, 2.75) is 45.1 Å². The molecule has 2 heteroatoms. The zero-order valence-electron chi connectivity index (χ0n) is 12.3. The predicted molar refractivity (Wildman–Crippen MR) is 82.4 cm³/mol. The Kier molecular flexibility index (Phi) is 3.51. The van der Waals surface area contributed by atoms with E-state index in [9.17, 15) is 5.11 Å². The van der Waals surface area contributed by atoms with Crippen LogP contribution in [0.5, 0.6) is 0 Å². The van der Waals surface area contributed by atoms with Crippen LogP contribution in [0.1, 0.15) is 45.1 Å². The van der Waals surface area contributed by atoms with Gasteiger partial charge < -0.3 is 5.11 Å². The van der Waals surface area contributed by atoms with Crippen molar-refractivity contribution < 1.29 is 5.11 Å². The van der Waals surface area contributed by atoms with E-state index in [2.05, 4.69) is 31.0 Å². The summed E-state index contributed by atoms with van der Waals surface area (Å²) in [6, 6.07) is 10.1. The van der Waals surface area contributed by atoms with Gasteiger partial charge in [0.25, 0.3) is 0 Å². The number of fused-ring (bicyclic) bond motifs is 1. The van der Waals surface area contributed by atoms with E-state index in [1.165, 1.54) is 0 Å². The highest BCUT2D eigenvalue weighted by atomic mass is 16.3. The first-order chi connectivity index (χ1) is 9.60. The van der Waals surface area contributed by atoms with Crippen LogP contribution in [0.15, 0.2) is 36.5 Å². The average Bonchev–Trinajstić information content (AvgIpc) is 2.47. The molecular formula is C18H23NO. The van der Waals surface area contributed by atoms with Gasteiger partial charge in [0.05, 0.1) is 11.1 Å². The van der Waals surface area contributed by atoms with Gasteiger partial charge in [-0.25, -0.2) is 0 Å². The van der Waals surface area contributed by atoms with Crippen molar-refractivity contribution in [1.29, 1.82) is 0 Å². The summed E-state index contributed by atoms with van der Waals surface area (Å²) in [4.78, 5) is 4.40. The smallest absolute Gasteiger partial charge is 0.0903 e. The number of rotatable bonds is 2. The van der Waals surface area contributed by atoms with E-state index in [0.29, 0.717) is 5.92 Å². The van der Waals surface area contributed by atoms with Crippen molar-refractivity contribution in [3.63, 3.8) is 0 Å². The third-order valence-electron chi connectivity index (χ3n) is 4.95. The summed E-state index contributed by atoms with van der Waals surface area (Å²) in [6.07, 6.45) is 5.77. The zero-order valence-corrected chi connectivity index (χ0v) is 12.3. The van der Waals surface area contributed by atoms with Crippen LogP contribution in [0.25, 0.3) is 10.9 Å². The van der Waals surface area contributed by atoms with Gasteiger partial charge >= 0.3 is 0 Å². The van der Waals surface area contributed by atoms with Crippen molar-refractivity contribution >= 4 is 10.9 Å². The molecule has 1 aliphatic rings. The Balaban J connectivity index is 1.95. The van der Waals surface area contributed by atoms with Crippen LogP contribution >= 0.6 is 0 Å². The summed E-state index contributed by atoms with van der Waals surface area (Å²) in [5, 5.41) is 12.2. The van der Waals surface area contributed by atoms with Crippen LogP contribution in [0.3, 0.4) is 0 Å². The summed E-state index contributed by atoms with van der Waals surface area (Å²) < 4.78 is 0. The molecule has 0 aliphatic heterocycles. The highest BCUT2D eigenvalue weighted by Gasteiger charge is 2.36. The molecule has 20 heavy (non-hydrogen) atoms. The van der Waals surface area contributed by atoms with Crippen molar-refractivity contribution in [3.8, 4) is 0 Å². The molecule has 1 saturated carbocycles. The second kappa shape index (κ2) is 5.17. The third kappa shape index (κ3) is 2.33. The predicted octanol–water partition coefficient (Wildman–Crippen LogP) is 4.27. The molecule has 0 amide bonds. The van der Waals surface area contributed by atoms with Crippen LogP contribution in [-0.2, 0) is 5.60 Å². The average molecular weight is 269 g/mol. The maximum Gasteiger partial charge on any atom is 0.0903 e. The zero-order chi connectivity index (χ0) is 14.2. The Morgan fingerprint density at radius 3 is 2.60 bits per heavy atom. The fourth-order valence-electron chi connectivity index (χ4n) is 3.56. The van der Waals surface area contributed by atoms with Gasteiger partial charge in [-0.3, -0.25) is 4.98 Å². The SMILES string of the molecule is CC(C)C1CCC(O)(c2cccc3ncccc23)CC1. The van der Waals surface area contributed by atoms with Crippen molar-refractivity contribution in [2.75, 3.05) is 0 Å². The lowest BCUT2D eigenvalue weighted by Crippen LogP contribution is -2.33. The molecule has 2 nitrogen and oxygen atoms in total. The molecule has 106 valence electrons. The minimum Gasteiger partial charge on any atom is -0.385 e. The number of pyridine rings is 1. The first-order valence-electron chi connectivity index (χ1n) is 7.67. The van der Waals surface area contributed by atoms with Crippen molar-refractivity contribution in [1.82, 2.24) is 4.98 Å². The van der Waals surface area contributed by atoms with Crippen molar-refractivity contribution in [3.05, 3.63) is 42.1 Å². The Labute approximate surface area is 120 Å². The Morgan fingerprint density at radius 2 is 1.90 bits per heavy atom. The minimum atomic E-state index is -0.673. The lowest BCUT2D eigenvalue weighted by molar-refractivity contribution is -0.0187. The maximum atomic E-state index is 11.1. The molecule has 0 bridgehead atoms. The van der Waals surface area contributed by atoms with Gasteiger partial charge in [0, 0.05) is 11.6 Å². The summed E-state index contributed by atoms with van der Waals surface area (Å²) in [6.45, 7) is 4.58. The van der Waals surface area contributed by atoms with Crippen LogP contribution in [-0.4, -0.2) is 10.1 Å². The molecule has 0 radical (unpaired) electrons. The number of nitrogens with zero attached hydrogens (tertiary/aromatic N) is 1. The summed E-state index contributed by atoms with van der Waals surface area (Å²) >= 11 is 0. The van der Waals surface area contributed by atoms with E-state index in [-0.39, 0.29) is 0 Å². The second-order valence-corrected chi connectivity index (χ2v) is 6.49. The molecule has 1 aromatic heterocycles. The van der Waals surface area contributed by atoms with Gasteiger partial charge in [-0.1, -0.05) is 32.0 Å². The minimum absolute atomic E-state index is 0.673. The molecule has 1 fully saturated rings. The van der Waals surface area contributed by atoms with E-state index < -0.39 is 5.60 Å². The second-order valence-electron chi connectivity index (χ2n) is 6.49. The van der Waals surface area contributed by atoms with Gasteiger partial charge in [-0.05, 0) is 55.2 Å². The number of benzene rings is 1. The quantitative estimate of drug-likeness (QED) is 0.883. The largest absolute Gasteiger partial charge is 0.385 e. The normalized spacial score (nSPS) is 27.1. The van der Waals surface area contributed by atoms with E-state index >= 15 is 0 Å². The fraction of sp³-hybridized carbons (Fsp3) is 0.500. The van der Waals surface area contributed by atoms with Crippen LogP contribution in [0.2, 0.25) is 0 Å². The lowest BCUT2D eigenvalue weighted by Gasteiger charge is -2.38. The number of hydrogen-bond acceptors (Lipinski definition) is 2. The summed E-state index contributed by atoms with van der Waals surface area (Å²) in [5.74, 6) is 1.47. The number of aliphatic hydroxyl groups is 1. The van der Waals surface area contributed by atoms with Gasteiger partial charge in [0.1, 0.15) is 0 Å². The van der Waals surface area contributed by atoms with Crippen LogP contribution in [0, 0.1) is 11.8 Å².